The highest BCUT2D eigenvalue weighted by Gasteiger charge is 1.91. The van der Waals surface area contributed by atoms with E-state index in [0.717, 1.165) is 5.56 Å². The zero-order valence-electron chi connectivity index (χ0n) is 6.90. The Morgan fingerprint density at radius 1 is 1.38 bits per heavy atom. The van der Waals surface area contributed by atoms with Gasteiger partial charge in [-0.1, -0.05) is 23.7 Å². The zero-order valence-corrected chi connectivity index (χ0v) is 9.99. The first-order valence-electron chi connectivity index (χ1n) is 3.48. The van der Waals surface area contributed by atoms with Crippen LogP contribution in [0.4, 0.5) is 0 Å². The molecule has 4 N–H and O–H groups in total. The van der Waals surface area contributed by atoms with Gasteiger partial charge in [-0.05, 0) is 17.7 Å². The van der Waals surface area contributed by atoms with E-state index in [1.165, 1.54) is 0 Å². The standard InChI is InChI=1S/C8H10ClN3.HI/c9-7-3-1-2-6(4-7)5-12-8(10)11;/h1-4H,5H2,(H4,10,11,12);1H. The highest BCUT2D eigenvalue weighted by molar-refractivity contribution is 14.0. The molecule has 0 atom stereocenters. The molecule has 0 heterocycles. The van der Waals surface area contributed by atoms with Crippen LogP contribution in [0.25, 0.3) is 0 Å². The second kappa shape index (κ2) is 6.04. The SMILES string of the molecule is I.NC(N)=NCc1cccc(Cl)c1. The summed E-state index contributed by atoms with van der Waals surface area (Å²) < 4.78 is 0. The fourth-order valence-electron chi connectivity index (χ4n) is 0.818. The number of nitrogens with zero attached hydrogens (tertiary/aromatic N) is 1. The van der Waals surface area contributed by atoms with Gasteiger partial charge in [0.05, 0.1) is 6.54 Å². The van der Waals surface area contributed by atoms with Crippen molar-refractivity contribution in [2.45, 2.75) is 6.54 Å². The van der Waals surface area contributed by atoms with Crippen molar-refractivity contribution in [1.29, 1.82) is 0 Å². The Morgan fingerprint density at radius 2 is 2.08 bits per heavy atom. The van der Waals surface area contributed by atoms with E-state index >= 15 is 0 Å². The number of guanidine groups is 1. The number of nitrogens with two attached hydrogens (primary N) is 2. The fourth-order valence-corrected chi connectivity index (χ4v) is 1.03. The van der Waals surface area contributed by atoms with E-state index in [9.17, 15) is 0 Å². The van der Waals surface area contributed by atoms with Crippen molar-refractivity contribution in [2.75, 3.05) is 0 Å². The van der Waals surface area contributed by atoms with Crippen molar-refractivity contribution in [3.05, 3.63) is 34.9 Å². The summed E-state index contributed by atoms with van der Waals surface area (Å²) in [6.45, 7) is 0.475. The van der Waals surface area contributed by atoms with Crippen LogP contribution in [-0.4, -0.2) is 5.96 Å². The zero-order chi connectivity index (χ0) is 8.97. The Hall–Kier alpha value is -0.490. The van der Waals surface area contributed by atoms with Crippen LogP contribution >= 0.6 is 35.6 Å². The van der Waals surface area contributed by atoms with E-state index in [4.69, 9.17) is 23.1 Å². The van der Waals surface area contributed by atoms with Gasteiger partial charge >= 0.3 is 0 Å². The van der Waals surface area contributed by atoms with Gasteiger partial charge in [0.25, 0.3) is 0 Å². The molecular formula is C8H11ClIN3. The molecule has 72 valence electrons. The Morgan fingerprint density at radius 3 is 2.62 bits per heavy atom. The number of benzene rings is 1. The molecule has 0 saturated heterocycles. The molecule has 0 spiro atoms. The molecule has 0 bridgehead atoms. The Balaban J connectivity index is 0.00000144. The van der Waals surface area contributed by atoms with Gasteiger partial charge in [-0.2, -0.15) is 0 Å². The first kappa shape index (κ1) is 12.5. The first-order chi connectivity index (χ1) is 5.68. The van der Waals surface area contributed by atoms with Crippen molar-refractivity contribution in [3.63, 3.8) is 0 Å². The molecule has 1 aromatic rings. The Bertz CT molecular complexity index is 297. The molecule has 1 aromatic carbocycles. The molecule has 0 aromatic heterocycles. The highest BCUT2D eigenvalue weighted by atomic mass is 127. The molecule has 13 heavy (non-hydrogen) atoms. The Kier molecular flexibility index (Phi) is 5.81. The summed E-state index contributed by atoms with van der Waals surface area (Å²) in [6.07, 6.45) is 0. The van der Waals surface area contributed by atoms with Crippen molar-refractivity contribution in [1.82, 2.24) is 0 Å². The normalized spacial score (nSPS) is 8.69. The van der Waals surface area contributed by atoms with Gasteiger partial charge in [-0.15, -0.1) is 24.0 Å². The molecule has 0 saturated carbocycles. The quantitative estimate of drug-likeness (QED) is 0.496. The summed E-state index contributed by atoms with van der Waals surface area (Å²) in [5.74, 6) is 0.0926. The molecular weight excluding hydrogens is 300 g/mol. The summed E-state index contributed by atoms with van der Waals surface area (Å²) >= 11 is 5.75. The molecule has 3 nitrogen and oxygen atoms in total. The van der Waals surface area contributed by atoms with E-state index < -0.39 is 0 Å². The molecule has 0 aliphatic carbocycles. The maximum atomic E-state index is 5.75. The van der Waals surface area contributed by atoms with E-state index in [0.29, 0.717) is 11.6 Å². The van der Waals surface area contributed by atoms with Crippen LogP contribution < -0.4 is 11.5 Å². The van der Waals surface area contributed by atoms with Gasteiger partial charge in [0.15, 0.2) is 5.96 Å². The minimum absolute atomic E-state index is 0. The lowest BCUT2D eigenvalue weighted by atomic mass is 10.2. The van der Waals surface area contributed by atoms with Gasteiger partial charge < -0.3 is 11.5 Å². The molecule has 0 aliphatic rings. The first-order valence-corrected chi connectivity index (χ1v) is 3.86. The van der Waals surface area contributed by atoms with Crippen LogP contribution in [0, 0.1) is 0 Å². The summed E-state index contributed by atoms with van der Waals surface area (Å²) in [5.41, 5.74) is 11.3. The van der Waals surface area contributed by atoms with Crippen molar-refractivity contribution >= 4 is 41.5 Å². The summed E-state index contributed by atoms with van der Waals surface area (Å²) in [5, 5.41) is 0.693. The van der Waals surface area contributed by atoms with Gasteiger partial charge in [0, 0.05) is 5.02 Å². The van der Waals surface area contributed by atoms with Gasteiger partial charge in [-0.3, -0.25) is 0 Å². The number of halogens is 2. The lowest BCUT2D eigenvalue weighted by molar-refractivity contribution is 1.05. The third-order valence-corrected chi connectivity index (χ3v) is 1.57. The topological polar surface area (TPSA) is 64.4 Å². The Labute approximate surface area is 99.2 Å². The van der Waals surface area contributed by atoms with E-state index in [1.807, 2.05) is 18.2 Å². The highest BCUT2D eigenvalue weighted by Crippen LogP contribution is 2.10. The van der Waals surface area contributed by atoms with Crippen molar-refractivity contribution < 1.29 is 0 Å². The molecule has 0 unspecified atom stereocenters. The predicted octanol–water partition coefficient (Wildman–Crippen LogP) is 1.73. The van der Waals surface area contributed by atoms with Crippen LogP contribution in [0.1, 0.15) is 5.56 Å². The van der Waals surface area contributed by atoms with Gasteiger partial charge in [0.1, 0.15) is 0 Å². The van der Waals surface area contributed by atoms with Crippen LogP contribution in [0.15, 0.2) is 29.3 Å². The number of hydrogen-bond donors (Lipinski definition) is 2. The largest absolute Gasteiger partial charge is 0.370 e. The van der Waals surface area contributed by atoms with Crippen molar-refractivity contribution in [3.8, 4) is 0 Å². The maximum absolute atomic E-state index is 5.75. The van der Waals surface area contributed by atoms with Crippen LogP contribution in [0.2, 0.25) is 5.02 Å². The summed E-state index contributed by atoms with van der Waals surface area (Å²) in [6, 6.07) is 7.41. The lowest BCUT2D eigenvalue weighted by Gasteiger charge is -1.96. The minimum Gasteiger partial charge on any atom is -0.370 e. The number of aliphatic imine (C=N–C) groups is 1. The molecule has 1 rings (SSSR count). The van der Waals surface area contributed by atoms with E-state index in [1.54, 1.807) is 6.07 Å². The summed E-state index contributed by atoms with van der Waals surface area (Å²) in [4.78, 5) is 3.85. The van der Waals surface area contributed by atoms with Crippen LogP contribution in [0.5, 0.6) is 0 Å². The number of hydrogen-bond acceptors (Lipinski definition) is 1. The predicted molar refractivity (Wildman–Crippen MR) is 66.4 cm³/mol. The van der Waals surface area contributed by atoms with Gasteiger partial charge in [0.2, 0.25) is 0 Å². The second-order valence-electron chi connectivity index (χ2n) is 2.37. The summed E-state index contributed by atoms with van der Waals surface area (Å²) in [7, 11) is 0. The minimum atomic E-state index is 0. The monoisotopic (exact) mass is 311 g/mol. The smallest absolute Gasteiger partial charge is 0.186 e. The van der Waals surface area contributed by atoms with E-state index in [2.05, 4.69) is 4.99 Å². The average Bonchev–Trinajstić information content (AvgIpc) is 2.01. The van der Waals surface area contributed by atoms with Crippen molar-refractivity contribution in [2.24, 2.45) is 16.5 Å². The molecule has 5 heteroatoms. The van der Waals surface area contributed by atoms with Crippen LogP contribution in [-0.2, 0) is 6.54 Å². The van der Waals surface area contributed by atoms with E-state index in [-0.39, 0.29) is 29.9 Å². The fraction of sp³-hybridized carbons (Fsp3) is 0.125. The number of rotatable bonds is 2. The molecule has 0 amide bonds. The maximum Gasteiger partial charge on any atom is 0.186 e. The average molecular weight is 312 g/mol. The van der Waals surface area contributed by atoms with Crippen LogP contribution in [0.3, 0.4) is 0 Å². The molecule has 0 radical (unpaired) electrons. The lowest BCUT2D eigenvalue weighted by Crippen LogP contribution is -2.22. The van der Waals surface area contributed by atoms with Gasteiger partial charge in [-0.25, -0.2) is 4.99 Å². The third kappa shape index (κ3) is 4.94. The molecule has 0 fully saturated rings. The second-order valence-corrected chi connectivity index (χ2v) is 2.81. The molecule has 0 aliphatic heterocycles. The third-order valence-electron chi connectivity index (χ3n) is 1.33.